The molecule has 78 valence electrons. The molecule has 2 nitrogen and oxygen atoms in total. The Morgan fingerprint density at radius 3 is 2.71 bits per heavy atom. The Kier molecular flexibility index (Phi) is 2.58. The summed E-state index contributed by atoms with van der Waals surface area (Å²) in [6.45, 7) is 2.21. The molecule has 1 saturated carbocycles. The van der Waals surface area contributed by atoms with E-state index >= 15 is 0 Å². The van der Waals surface area contributed by atoms with Gasteiger partial charge in [0.2, 0.25) is 0 Å². The first-order valence-corrected chi connectivity index (χ1v) is 5.40. The first kappa shape index (κ1) is 10.1. The van der Waals surface area contributed by atoms with E-state index in [2.05, 4.69) is 6.92 Å². The SMILES string of the molecule is CC1(CC(O)c2ccc(Cl)o2)CCC1. The molecule has 0 aliphatic heterocycles. The summed E-state index contributed by atoms with van der Waals surface area (Å²) >= 11 is 5.65. The maximum Gasteiger partial charge on any atom is 0.193 e. The third kappa shape index (κ3) is 1.96. The van der Waals surface area contributed by atoms with Crippen molar-refractivity contribution in [3.63, 3.8) is 0 Å². The number of rotatable bonds is 3. The van der Waals surface area contributed by atoms with Crippen LogP contribution in [0.5, 0.6) is 0 Å². The Morgan fingerprint density at radius 2 is 2.29 bits per heavy atom. The number of furan rings is 1. The molecule has 0 aromatic carbocycles. The van der Waals surface area contributed by atoms with Crippen LogP contribution in [0.3, 0.4) is 0 Å². The average molecular weight is 215 g/mol. The third-order valence-electron chi connectivity index (χ3n) is 3.17. The van der Waals surface area contributed by atoms with Crippen LogP contribution in [0.1, 0.15) is 44.5 Å². The lowest BCUT2D eigenvalue weighted by Crippen LogP contribution is -2.27. The predicted octanol–water partition coefficient (Wildman–Crippen LogP) is 3.55. The molecule has 14 heavy (non-hydrogen) atoms. The molecule has 1 aliphatic rings. The quantitative estimate of drug-likeness (QED) is 0.835. The Balaban J connectivity index is 1.98. The highest BCUT2D eigenvalue weighted by Crippen LogP contribution is 2.46. The van der Waals surface area contributed by atoms with E-state index in [9.17, 15) is 5.11 Å². The molecule has 1 unspecified atom stereocenters. The summed E-state index contributed by atoms with van der Waals surface area (Å²) in [5.74, 6) is 0.586. The smallest absolute Gasteiger partial charge is 0.193 e. The van der Waals surface area contributed by atoms with Crippen molar-refractivity contribution in [3.8, 4) is 0 Å². The fourth-order valence-electron chi connectivity index (χ4n) is 2.06. The van der Waals surface area contributed by atoms with Gasteiger partial charge in [-0.3, -0.25) is 0 Å². The second-order valence-electron chi connectivity index (χ2n) is 4.53. The number of hydrogen-bond acceptors (Lipinski definition) is 2. The number of halogens is 1. The molecule has 0 radical (unpaired) electrons. The molecule has 1 aromatic rings. The first-order chi connectivity index (χ1) is 6.59. The van der Waals surface area contributed by atoms with Crippen molar-refractivity contribution in [3.05, 3.63) is 23.1 Å². The van der Waals surface area contributed by atoms with Crippen LogP contribution in [0.4, 0.5) is 0 Å². The summed E-state index contributed by atoms with van der Waals surface area (Å²) in [6, 6.07) is 3.41. The summed E-state index contributed by atoms with van der Waals surface area (Å²) in [7, 11) is 0. The Bertz CT molecular complexity index is 315. The maximum absolute atomic E-state index is 9.88. The van der Waals surface area contributed by atoms with Crippen LogP contribution in [-0.2, 0) is 0 Å². The minimum atomic E-state index is -0.507. The van der Waals surface area contributed by atoms with Gasteiger partial charge in [-0.2, -0.15) is 0 Å². The molecule has 0 saturated heterocycles. The van der Waals surface area contributed by atoms with Crippen molar-refractivity contribution in [1.29, 1.82) is 0 Å². The number of aliphatic hydroxyl groups excluding tert-OH is 1. The Labute approximate surface area is 88.9 Å². The molecule has 1 heterocycles. The minimum Gasteiger partial charge on any atom is -0.447 e. The lowest BCUT2D eigenvalue weighted by molar-refractivity contribution is 0.0429. The molecule has 1 aromatic heterocycles. The third-order valence-corrected chi connectivity index (χ3v) is 3.37. The van der Waals surface area contributed by atoms with Gasteiger partial charge in [0.05, 0.1) is 0 Å². The summed E-state index contributed by atoms with van der Waals surface area (Å²) in [5, 5.41) is 10.2. The summed E-state index contributed by atoms with van der Waals surface area (Å²) in [5.41, 5.74) is 0.304. The normalized spacial score (nSPS) is 21.6. The molecule has 0 bridgehead atoms. The van der Waals surface area contributed by atoms with Gasteiger partial charge in [-0.25, -0.2) is 0 Å². The first-order valence-electron chi connectivity index (χ1n) is 5.02. The maximum atomic E-state index is 9.88. The molecule has 0 spiro atoms. The number of hydrogen-bond donors (Lipinski definition) is 1. The van der Waals surface area contributed by atoms with Crippen LogP contribution in [-0.4, -0.2) is 5.11 Å². The van der Waals surface area contributed by atoms with E-state index < -0.39 is 6.10 Å². The zero-order valence-electron chi connectivity index (χ0n) is 8.29. The second-order valence-corrected chi connectivity index (χ2v) is 4.90. The highest BCUT2D eigenvalue weighted by Gasteiger charge is 2.34. The monoisotopic (exact) mass is 214 g/mol. The molecule has 1 atom stereocenters. The van der Waals surface area contributed by atoms with Crippen molar-refractivity contribution in [2.24, 2.45) is 5.41 Å². The van der Waals surface area contributed by atoms with Crippen molar-refractivity contribution >= 4 is 11.6 Å². The Morgan fingerprint density at radius 1 is 1.57 bits per heavy atom. The van der Waals surface area contributed by atoms with Crippen LogP contribution in [0.25, 0.3) is 0 Å². The fraction of sp³-hybridized carbons (Fsp3) is 0.636. The molecule has 1 fully saturated rings. The zero-order valence-corrected chi connectivity index (χ0v) is 9.05. The summed E-state index contributed by atoms with van der Waals surface area (Å²) in [4.78, 5) is 0. The molecular weight excluding hydrogens is 200 g/mol. The molecule has 2 rings (SSSR count). The molecular formula is C11H15ClO2. The van der Waals surface area contributed by atoms with Crippen LogP contribution < -0.4 is 0 Å². The minimum absolute atomic E-state index is 0.304. The second kappa shape index (κ2) is 3.59. The highest BCUT2D eigenvalue weighted by molar-refractivity contribution is 6.28. The van der Waals surface area contributed by atoms with E-state index in [4.69, 9.17) is 16.0 Å². The van der Waals surface area contributed by atoms with E-state index in [0.29, 0.717) is 16.4 Å². The van der Waals surface area contributed by atoms with E-state index in [0.717, 1.165) is 6.42 Å². The van der Waals surface area contributed by atoms with Crippen LogP contribution in [0.2, 0.25) is 5.22 Å². The summed E-state index contributed by atoms with van der Waals surface area (Å²) < 4.78 is 5.18. The average Bonchev–Trinajstić information content (AvgIpc) is 2.49. The van der Waals surface area contributed by atoms with Crippen LogP contribution in [0, 0.1) is 5.41 Å². The zero-order chi connectivity index (χ0) is 10.2. The van der Waals surface area contributed by atoms with Gasteiger partial charge in [-0.1, -0.05) is 13.3 Å². The van der Waals surface area contributed by atoms with Crippen molar-refractivity contribution in [2.75, 3.05) is 0 Å². The number of aliphatic hydroxyl groups is 1. The van der Waals surface area contributed by atoms with Crippen LogP contribution >= 0.6 is 11.6 Å². The van der Waals surface area contributed by atoms with Crippen molar-refractivity contribution in [1.82, 2.24) is 0 Å². The van der Waals surface area contributed by atoms with Crippen molar-refractivity contribution < 1.29 is 9.52 Å². The predicted molar refractivity (Wildman–Crippen MR) is 55.3 cm³/mol. The Hall–Kier alpha value is -0.470. The standard InChI is InChI=1S/C11H15ClO2/c1-11(5-2-6-11)7-8(13)9-3-4-10(12)14-9/h3-4,8,13H,2,5-7H2,1H3. The van der Waals surface area contributed by atoms with Gasteiger partial charge in [0, 0.05) is 0 Å². The van der Waals surface area contributed by atoms with E-state index in [1.54, 1.807) is 12.1 Å². The van der Waals surface area contributed by atoms with Gasteiger partial charge >= 0.3 is 0 Å². The fourth-order valence-corrected chi connectivity index (χ4v) is 2.21. The molecule has 1 aliphatic carbocycles. The van der Waals surface area contributed by atoms with Gasteiger partial charge < -0.3 is 9.52 Å². The van der Waals surface area contributed by atoms with E-state index in [1.807, 2.05) is 0 Å². The van der Waals surface area contributed by atoms with E-state index in [1.165, 1.54) is 19.3 Å². The lowest BCUT2D eigenvalue weighted by atomic mass is 9.67. The van der Waals surface area contributed by atoms with Gasteiger partial charge in [-0.05, 0) is 48.4 Å². The molecule has 1 N–H and O–H groups in total. The van der Waals surface area contributed by atoms with Gasteiger partial charge in [0.1, 0.15) is 11.9 Å². The van der Waals surface area contributed by atoms with Crippen molar-refractivity contribution in [2.45, 2.75) is 38.7 Å². The largest absolute Gasteiger partial charge is 0.447 e. The highest BCUT2D eigenvalue weighted by atomic mass is 35.5. The van der Waals surface area contributed by atoms with Gasteiger partial charge in [0.15, 0.2) is 5.22 Å². The molecule has 3 heteroatoms. The lowest BCUT2D eigenvalue weighted by Gasteiger charge is -2.39. The van der Waals surface area contributed by atoms with Gasteiger partial charge in [-0.15, -0.1) is 0 Å². The van der Waals surface area contributed by atoms with Crippen LogP contribution in [0.15, 0.2) is 16.5 Å². The topological polar surface area (TPSA) is 33.4 Å². The summed E-state index contributed by atoms with van der Waals surface area (Å²) in [6.07, 6.45) is 3.96. The molecule has 0 amide bonds. The van der Waals surface area contributed by atoms with E-state index in [-0.39, 0.29) is 0 Å². The van der Waals surface area contributed by atoms with Gasteiger partial charge in [0.25, 0.3) is 0 Å².